The summed E-state index contributed by atoms with van der Waals surface area (Å²) in [5.41, 5.74) is 3.52. The first-order chi connectivity index (χ1) is 8.85. The molecule has 108 valence electrons. The largest absolute Gasteiger partial charge is 0.338 e. The highest BCUT2D eigenvalue weighted by atomic mass is 35.5. The number of rotatable bonds is 1. The molecule has 0 amide bonds. The molecule has 1 aliphatic heterocycles. The molecule has 1 aromatic heterocycles. The van der Waals surface area contributed by atoms with Gasteiger partial charge < -0.3 is 10.3 Å². The number of nitrogens with one attached hydrogen (secondary N) is 2. The van der Waals surface area contributed by atoms with Crippen molar-refractivity contribution in [2.45, 2.75) is 45.2 Å². The van der Waals surface area contributed by atoms with Crippen molar-refractivity contribution in [1.29, 1.82) is 0 Å². The summed E-state index contributed by atoms with van der Waals surface area (Å²) < 4.78 is 0. The van der Waals surface area contributed by atoms with Crippen LogP contribution in [-0.4, -0.2) is 21.0 Å². The Morgan fingerprint density at radius 3 is 2.45 bits per heavy atom. The van der Waals surface area contributed by atoms with Crippen molar-refractivity contribution >= 4 is 29.0 Å². The topological polar surface area (TPSA) is 40.7 Å². The van der Waals surface area contributed by atoms with E-state index in [1.807, 2.05) is 18.2 Å². The SMILES string of the molecule is CC1(C)C=C(c2nc3ccccc3[nH]2)CC(C)(C)N1.Cl. The number of hydrogen-bond donors (Lipinski definition) is 2. The van der Waals surface area contributed by atoms with E-state index in [4.69, 9.17) is 4.98 Å². The van der Waals surface area contributed by atoms with Crippen LogP contribution in [0.15, 0.2) is 30.3 Å². The van der Waals surface area contributed by atoms with Gasteiger partial charge in [-0.1, -0.05) is 18.2 Å². The number of nitrogens with zero attached hydrogens (tertiary/aromatic N) is 1. The van der Waals surface area contributed by atoms with Crippen LogP contribution < -0.4 is 5.32 Å². The van der Waals surface area contributed by atoms with Crippen molar-refractivity contribution < 1.29 is 0 Å². The van der Waals surface area contributed by atoms with Gasteiger partial charge in [-0.25, -0.2) is 4.98 Å². The fourth-order valence-electron chi connectivity index (χ4n) is 3.17. The fraction of sp³-hybridized carbons (Fsp3) is 0.438. The number of halogens is 1. The van der Waals surface area contributed by atoms with Gasteiger partial charge >= 0.3 is 0 Å². The van der Waals surface area contributed by atoms with Crippen molar-refractivity contribution in [1.82, 2.24) is 15.3 Å². The highest BCUT2D eigenvalue weighted by Crippen LogP contribution is 2.32. The number of aromatic nitrogens is 2. The first kappa shape index (κ1) is 15.1. The zero-order valence-electron chi connectivity index (χ0n) is 12.4. The minimum atomic E-state index is -0.00391. The first-order valence-electron chi connectivity index (χ1n) is 6.81. The molecule has 0 saturated heterocycles. The molecule has 0 aliphatic carbocycles. The van der Waals surface area contributed by atoms with Crippen LogP contribution in [-0.2, 0) is 0 Å². The van der Waals surface area contributed by atoms with E-state index < -0.39 is 0 Å². The zero-order valence-corrected chi connectivity index (χ0v) is 13.3. The van der Waals surface area contributed by atoms with Crippen molar-refractivity contribution in [2.24, 2.45) is 0 Å². The van der Waals surface area contributed by atoms with Gasteiger partial charge in [0.2, 0.25) is 0 Å². The Morgan fingerprint density at radius 1 is 1.10 bits per heavy atom. The summed E-state index contributed by atoms with van der Waals surface area (Å²) in [6.45, 7) is 8.89. The Morgan fingerprint density at radius 2 is 1.80 bits per heavy atom. The average molecular weight is 292 g/mol. The number of fused-ring (bicyclic) bond motifs is 1. The Bertz CT molecular complexity index is 620. The van der Waals surface area contributed by atoms with Crippen LogP contribution in [0.1, 0.15) is 39.9 Å². The summed E-state index contributed by atoms with van der Waals surface area (Å²) in [5.74, 6) is 1.00. The zero-order chi connectivity index (χ0) is 13.7. The molecule has 0 bridgehead atoms. The number of imidazole rings is 1. The fourth-order valence-corrected chi connectivity index (χ4v) is 3.17. The standard InChI is InChI=1S/C16H21N3.ClH/c1-15(2)9-11(10-16(3,4)19-15)14-17-12-7-5-6-8-13(12)18-14;/h5-9,19H,10H2,1-4H3,(H,17,18);1H. The molecule has 20 heavy (non-hydrogen) atoms. The second-order valence-corrected chi connectivity index (χ2v) is 6.68. The van der Waals surface area contributed by atoms with Crippen LogP contribution in [0.25, 0.3) is 16.6 Å². The predicted molar refractivity (Wildman–Crippen MR) is 87.2 cm³/mol. The maximum Gasteiger partial charge on any atom is 0.134 e. The van der Waals surface area contributed by atoms with Gasteiger partial charge in [-0.2, -0.15) is 0 Å². The van der Waals surface area contributed by atoms with Gasteiger partial charge in [0.15, 0.2) is 0 Å². The van der Waals surface area contributed by atoms with Gasteiger partial charge in [0.05, 0.1) is 11.0 Å². The molecule has 0 spiro atoms. The normalized spacial score (nSPS) is 20.3. The summed E-state index contributed by atoms with van der Waals surface area (Å²) >= 11 is 0. The number of hydrogen-bond acceptors (Lipinski definition) is 2. The smallest absolute Gasteiger partial charge is 0.134 e. The molecular formula is C16H22ClN3. The molecule has 0 saturated carbocycles. The summed E-state index contributed by atoms with van der Waals surface area (Å²) in [5, 5.41) is 3.65. The second kappa shape index (κ2) is 4.90. The maximum absolute atomic E-state index is 4.72. The van der Waals surface area contributed by atoms with E-state index in [9.17, 15) is 0 Å². The van der Waals surface area contributed by atoms with E-state index in [1.165, 1.54) is 5.57 Å². The summed E-state index contributed by atoms with van der Waals surface area (Å²) in [4.78, 5) is 8.15. The van der Waals surface area contributed by atoms with Gasteiger partial charge in [0.25, 0.3) is 0 Å². The molecule has 2 aromatic rings. The number of para-hydroxylation sites is 2. The van der Waals surface area contributed by atoms with Gasteiger partial charge in [0.1, 0.15) is 5.82 Å². The Labute approximate surface area is 126 Å². The Hall–Kier alpha value is -1.32. The molecule has 0 unspecified atom stereocenters. The Kier molecular flexibility index (Phi) is 3.69. The molecule has 3 rings (SSSR count). The molecule has 2 heterocycles. The highest BCUT2D eigenvalue weighted by molar-refractivity contribution is 5.85. The van der Waals surface area contributed by atoms with Crippen molar-refractivity contribution in [3.05, 3.63) is 36.2 Å². The van der Waals surface area contributed by atoms with E-state index in [0.717, 1.165) is 23.3 Å². The van der Waals surface area contributed by atoms with Crippen LogP contribution >= 0.6 is 12.4 Å². The third-order valence-electron chi connectivity index (χ3n) is 3.52. The lowest BCUT2D eigenvalue weighted by atomic mass is 9.83. The molecule has 3 nitrogen and oxygen atoms in total. The minimum absolute atomic E-state index is 0. The number of aromatic amines is 1. The van der Waals surface area contributed by atoms with Crippen molar-refractivity contribution in [2.75, 3.05) is 0 Å². The summed E-state index contributed by atoms with van der Waals surface area (Å²) in [6.07, 6.45) is 3.27. The molecule has 2 N–H and O–H groups in total. The quantitative estimate of drug-likeness (QED) is 0.836. The molecule has 1 aliphatic rings. The monoisotopic (exact) mass is 291 g/mol. The average Bonchev–Trinajstić information content (AvgIpc) is 2.68. The van der Waals surface area contributed by atoms with E-state index in [-0.39, 0.29) is 23.5 Å². The number of benzene rings is 1. The molecule has 0 atom stereocenters. The third-order valence-corrected chi connectivity index (χ3v) is 3.52. The van der Waals surface area contributed by atoms with Crippen LogP contribution in [0.5, 0.6) is 0 Å². The van der Waals surface area contributed by atoms with Crippen LogP contribution in [0.2, 0.25) is 0 Å². The first-order valence-corrected chi connectivity index (χ1v) is 6.81. The highest BCUT2D eigenvalue weighted by Gasteiger charge is 2.33. The molecule has 4 heteroatoms. The molecule has 0 radical (unpaired) electrons. The number of H-pyrrole nitrogens is 1. The van der Waals surface area contributed by atoms with E-state index in [0.29, 0.717) is 0 Å². The van der Waals surface area contributed by atoms with E-state index in [1.54, 1.807) is 0 Å². The van der Waals surface area contributed by atoms with Crippen molar-refractivity contribution in [3.8, 4) is 0 Å². The second-order valence-electron chi connectivity index (χ2n) is 6.68. The predicted octanol–water partition coefficient (Wildman–Crippen LogP) is 3.92. The lowest BCUT2D eigenvalue weighted by Crippen LogP contribution is -2.53. The van der Waals surface area contributed by atoms with Crippen LogP contribution in [0, 0.1) is 0 Å². The maximum atomic E-state index is 4.72. The third kappa shape index (κ3) is 2.89. The molecule has 0 fully saturated rings. The molecular weight excluding hydrogens is 270 g/mol. The van der Waals surface area contributed by atoms with Gasteiger partial charge in [-0.3, -0.25) is 0 Å². The summed E-state index contributed by atoms with van der Waals surface area (Å²) in [7, 11) is 0. The van der Waals surface area contributed by atoms with Crippen molar-refractivity contribution in [3.63, 3.8) is 0 Å². The Balaban J connectivity index is 0.00000147. The minimum Gasteiger partial charge on any atom is -0.338 e. The van der Waals surface area contributed by atoms with Gasteiger partial charge in [-0.15, -0.1) is 12.4 Å². The summed E-state index contributed by atoms with van der Waals surface area (Å²) in [6, 6.07) is 8.18. The van der Waals surface area contributed by atoms with Crippen LogP contribution in [0.3, 0.4) is 0 Å². The lowest BCUT2D eigenvalue weighted by molar-refractivity contribution is 0.297. The van der Waals surface area contributed by atoms with Gasteiger partial charge in [-0.05, 0) is 51.8 Å². The molecule has 1 aromatic carbocycles. The van der Waals surface area contributed by atoms with Gasteiger partial charge in [0, 0.05) is 11.1 Å². The van der Waals surface area contributed by atoms with E-state index >= 15 is 0 Å². The lowest BCUT2D eigenvalue weighted by Gasteiger charge is -2.40. The van der Waals surface area contributed by atoms with E-state index in [2.05, 4.69) is 50.1 Å². The van der Waals surface area contributed by atoms with Crippen LogP contribution in [0.4, 0.5) is 0 Å².